The first kappa shape index (κ1) is 18.8. The molecule has 3 rings (SSSR count). The van der Waals surface area contributed by atoms with Crippen LogP contribution in [0.25, 0.3) is 0 Å². The Labute approximate surface area is 155 Å². The van der Waals surface area contributed by atoms with Crippen molar-refractivity contribution < 1.29 is 19.3 Å². The quantitative estimate of drug-likeness (QED) is 0.773. The molecule has 1 aliphatic heterocycles. The van der Waals surface area contributed by atoms with E-state index in [1.165, 1.54) is 6.08 Å². The molecule has 0 saturated carbocycles. The van der Waals surface area contributed by atoms with Crippen LogP contribution in [0.4, 0.5) is 0 Å². The van der Waals surface area contributed by atoms with Gasteiger partial charge < -0.3 is 19.3 Å². The fourth-order valence-electron chi connectivity index (χ4n) is 3.19. The maximum Gasteiger partial charge on any atom is 0.137 e. The fourth-order valence-corrected chi connectivity index (χ4v) is 3.19. The molecule has 1 aliphatic rings. The third-order valence-electron chi connectivity index (χ3n) is 4.86. The number of hydrogen-bond acceptors (Lipinski definition) is 4. The maximum atomic E-state index is 11.1. The van der Waals surface area contributed by atoms with Gasteiger partial charge in [0, 0.05) is 0 Å². The molecule has 4 atom stereocenters. The molecule has 0 aromatic heterocycles. The standard InChI is InChI=1S/C22H26O4/c1-3-22(23)17(2)24-16-20(25-14-18-10-6-4-7-11-18)21(22)26-15-19-12-8-5-9-13-19/h3-13,17,20-21,23H,1,14-16H2,2H3/t17?,20?,21?,22-/m1/s1. The molecule has 26 heavy (non-hydrogen) atoms. The predicted octanol–water partition coefficient (Wildman–Crippen LogP) is 3.49. The molecule has 0 radical (unpaired) electrons. The van der Waals surface area contributed by atoms with Gasteiger partial charge in [-0.15, -0.1) is 6.58 Å². The highest BCUT2D eigenvalue weighted by Gasteiger charge is 2.49. The number of aliphatic hydroxyl groups is 1. The van der Waals surface area contributed by atoms with Crippen LogP contribution in [0.3, 0.4) is 0 Å². The normalized spacial score (nSPS) is 28.6. The highest BCUT2D eigenvalue weighted by molar-refractivity contribution is 5.16. The molecule has 4 nitrogen and oxygen atoms in total. The Hall–Kier alpha value is -1.98. The minimum absolute atomic E-state index is 0.365. The molecule has 0 bridgehead atoms. The first-order valence-corrected chi connectivity index (χ1v) is 8.92. The van der Waals surface area contributed by atoms with E-state index in [-0.39, 0.29) is 0 Å². The lowest BCUT2D eigenvalue weighted by Gasteiger charge is -2.46. The van der Waals surface area contributed by atoms with Gasteiger partial charge in [-0.05, 0) is 18.1 Å². The molecule has 4 heteroatoms. The number of benzene rings is 2. The van der Waals surface area contributed by atoms with Crippen LogP contribution < -0.4 is 0 Å². The van der Waals surface area contributed by atoms with E-state index in [1.54, 1.807) is 0 Å². The summed E-state index contributed by atoms with van der Waals surface area (Å²) < 4.78 is 17.9. The van der Waals surface area contributed by atoms with Crippen LogP contribution in [0.5, 0.6) is 0 Å². The number of ether oxygens (including phenoxy) is 3. The van der Waals surface area contributed by atoms with E-state index in [9.17, 15) is 5.11 Å². The zero-order chi connectivity index (χ0) is 18.4. The molecule has 138 valence electrons. The molecule has 1 heterocycles. The van der Waals surface area contributed by atoms with Gasteiger partial charge in [-0.2, -0.15) is 0 Å². The molecule has 2 aromatic carbocycles. The lowest BCUT2D eigenvalue weighted by atomic mass is 9.85. The van der Waals surface area contributed by atoms with E-state index < -0.39 is 23.9 Å². The molecule has 0 amide bonds. The van der Waals surface area contributed by atoms with Gasteiger partial charge in [0.15, 0.2) is 0 Å². The Morgan fingerprint density at radius 1 is 1.04 bits per heavy atom. The van der Waals surface area contributed by atoms with Gasteiger partial charge in [-0.3, -0.25) is 0 Å². The second kappa shape index (κ2) is 8.60. The van der Waals surface area contributed by atoms with Crippen LogP contribution in [0.1, 0.15) is 18.1 Å². The summed E-state index contributed by atoms with van der Waals surface area (Å²) in [6.45, 7) is 6.81. The summed E-state index contributed by atoms with van der Waals surface area (Å²) in [5, 5.41) is 11.1. The van der Waals surface area contributed by atoms with E-state index in [4.69, 9.17) is 14.2 Å². The highest BCUT2D eigenvalue weighted by Crippen LogP contribution is 2.32. The molecular weight excluding hydrogens is 328 g/mol. The van der Waals surface area contributed by atoms with Crippen LogP contribution in [0.2, 0.25) is 0 Å². The van der Waals surface area contributed by atoms with Crippen molar-refractivity contribution in [1.82, 2.24) is 0 Å². The average Bonchev–Trinajstić information content (AvgIpc) is 2.69. The average molecular weight is 354 g/mol. The van der Waals surface area contributed by atoms with E-state index in [2.05, 4.69) is 6.58 Å². The minimum Gasteiger partial charge on any atom is -0.380 e. The SMILES string of the molecule is C=C[C@@]1(O)C(C)OCC(OCc2ccccc2)C1OCc1ccccc1. The summed E-state index contributed by atoms with van der Waals surface area (Å²) in [5.74, 6) is 0. The van der Waals surface area contributed by atoms with Crippen LogP contribution >= 0.6 is 0 Å². The van der Waals surface area contributed by atoms with Crippen LogP contribution in [-0.2, 0) is 27.4 Å². The van der Waals surface area contributed by atoms with Gasteiger partial charge in [-0.1, -0.05) is 66.7 Å². The lowest BCUT2D eigenvalue weighted by Crippen LogP contribution is -2.62. The zero-order valence-electron chi connectivity index (χ0n) is 15.1. The second-order valence-electron chi connectivity index (χ2n) is 6.62. The van der Waals surface area contributed by atoms with Gasteiger partial charge >= 0.3 is 0 Å². The third-order valence-corrected chi connectivity index (χ3v) is 4.86. The molecule has 0 aliphatic carbocycles. The Morgan fingerprint density at radius 3 is 2.12 bits per heavy atom. The van der Waals surface area contributed by atoms with Crippen molar-refractivity contribution in [3.8, 4) is 0 Å². The topological polar surface area (TPSA) is 47.9 Å². The Bertz CT molecular complexity index is 688. The third kappa shape index (κ3) is 4.22. The van der Waals surface area contributed by atoms with Crippen molar-refractivity contribution >= 4 is 0 Å². The summed E-state index contributed by atoms with van der Waals surface area (Å²) >= 11 is 0. The van der Waals surface area contributed by atoms with Crippen molar-refractivity contribution in [3.63, 3.8) is 0 Å². The summed E-state index contributed by atoms with van der Waals surface area (Å²) in [5.41, 5.74) is 0.795. The molecular formula is C22H26O4. The number of rotatable bonds is 7. The number of hydrogen-bond donors (Lipinski definition) is 1. The smallest absolute Gasteiger partial charge is 0.137 e. The van der Waals surface area contributed by atoms with E-state index in [0.29, 0.717) is 19.8 Å². The monoisotopic (exact) mass is 354 g/mol. The maximum absolute atomic E-state index is 11.1. The molecule has 2 aromatic rings. The Kier molecular flexibility index (Phi) is 6.22. The molecule has 0 spiro atoms. The second-order valence-corrected chi connectivity index (χ2v) is 6.62. The Morgan fingerprint density at radius 2 is 1.58 bits per heavy atom. The molecule has 1 saturated heterocycles. The van der Waals surface area contributed by atoms with Crippen molar-refractivity contribution in [1.29, 1.82) is 0 Å². The Balaban J connectivity index is 1.73. The summed E-state index contributed by atoms with van der Waals surface area (Å²) in [4.78, 5) is 0. The van der Waals surface area contributed by atoms with Crippen molar-refractivity contribution in [2.45, 2.75) is 44.1 Å². The molecule has 1 fully saturated rings. The van der Waals surface area contributed by atoms with Crippen LogP contribution in [0, 0.1) is 0 Å². The lowest BCUT2D eigenvalue weighted by molar-refractivity contribution is -0.248. The van der Waals surface area contributed by atoms with Crippen molar-refractivity contribution in [2.24, 2.45) is 0 Å². The first-order chi connectivity index (χ1) is 12.6. The highest BCUT2D eigenvalue weighted by atomic mass is 16.6. The summed E-state index contributed by atoms with van der Waals surface area (Å²) in [6.07, 6.45) is 0.133. The molecule has 1 N–H and O–H groups in total. The first-order valence-electron chi connectivity index (χ1n) is 8.92. The summed E-state index contributed by atoms with van der Waals surface area (Å²) in [6, 6.07) is 19.8. The van der Waals surface area contributed by atoms with Crippen LogP contribution in [-0.4, -0.2) is 35.6 Å². The van der Waals surface area contributed by atoms with Gasteiger partial charge in [-0.25, -0.2) is 0 Å². The molecule has 3 unspecified atom stereocenters. The predicted molar refractivity (Wildman–Crippen MR) is 101 cm³/mol. The van der Waals surface area contributed by atoms with E-state index in [1.807, 2.05) is 67.6 Å². The van der Waals surface area contributed by atoms with Gasteiger partial charge in [0.2, 0.25) is 0 Å². The fraction of sp³-hybridized carbons (Fsp3) is 0.364. The van der Waals surface area contributed by atoms with Crippen LogP contribution in [0.15, 0.2) is 73.3 Å². The summed E-state index contributed by atoms with van der Waals surface area (Å²) in [7, 11) is 0. The zero-order valence-corrected chi connectivity index (χ0v) is 15.1. The minimum atomic E-state index is -1.31. The van der Waals surface area contributed by atoms with Crippen molar-refractivity contribution in [3.05, 3.63) is 84.4 Å². The van der Waals surface area contributed by atoms with Crippen molar-refractivity contribution in [2.75, 3.05) is 6.61 Å². The van der Waals surface area contributed by atoms with Gasteiger partial charge in [0.1, 0.15) is 17.8 Å². The van der Waals surface area contributed by atoms with E-state index in [0.717, 1.165) is 11.1 Å². The van der Waals surface area contributed by atoms with Gasteiger partial charge in [0.05, 0.1) is 25.9 Å². The largest absolute Gasteiger partial charge is 0.380 e. The van der Waals surface area contributed by atoms with E-state index >= 15 is 0 Å². The van der Waals surface area contributed by atoms with Gasteiger partial charge in [0.25, 0.3) is 0 Å².